The number of halogens is 6. The molecular formula is C9H12F6OS. The molecule has 1 nitrogen and oxygen atoms in total. The van der Waals surface area contributed by atoms with E-state index in [1.165, 1.54) is 6.92 Å². The molecule has 8 heteroatoms. The smallest absolute Gasteiger partial charge is 0.287 e. The van der Waals surface area contributed by atoms with Crippen LogP contribution in [0.2, 0.25) is 0 Å². The van der Waals surface area contributed by atoms with Crippen LogP contribution in [0, 0.1) is 0 Å². The summed E-state index contributed by atoms with van der Waals surface area (Å²) < 4.78 is 75.4. The van der Waals surface area contributed by atoms with Crippen molar-refractivity contribution in [1.29, 1.82) is 0 Å². The number of thioether (sulfide) groups is 1. The van der Waals surface area contributed by atoms with E-state index >= 15 is 0 Å². The monoisotopic (exact) mass is 282 g/mol. The highest BCUT2D eigenvalue weighted by atomic mass is 32.2. The topological polar surface area (TPSA) is 17.1 Å². The van der Waals surface area contributed by atoms with Gasteiger partial charge in [-0.15, -0.1) is 0 Å². The second kappa shape index (κ2) is 6.51. The van der Waals surface area contributed by atoms with E-state index in [0.29, 0.717) is 11.8 Å². The van der Waals surface area contributed by atoms with E-state index in [0.717, 1.165) is 0 Å². The Bertz CT molecular complexity index is 258. The van der Waals surface area contributed by atoms with Crippen molar-refractivity contribution < 1.29 is 31.1 Å². The van der Waals surface area contributed by atoms with Gasteiger partial charge in [-0.1, -0.05) is 18.7 Å². The van der Waals surface area contributed by atoms with Gasteiger partial charge in [-0.25, -0.2) is 8.78 Å². The van der Waals surface area contributed by atoms with Crippen LogP contribution in [0.4, 0.5) is 26.3 Å². The molecule has 1 unspecified atom stereocenters. The summed E-state index contributed by atoms with van der Waals surface area (Å²) >= 11 is 0.470. The molecule has 0 bridgehead atoms. The third-order valence-corrected chi connectivity index (χ3v) is 3.00. The van der Waals surface area contributed by atoms with Crippen molar-refractivity contribution in [1.82, 2.24) is 0 Å². The maximum Gasteiger partial charge on any atom is 0.343 e. The standard InChI is InChI=1S/C9H12F6OS/c1-2-7(16)17-4-3-8(12,13)9(14,15)6(11)5-10/h6H,2-5H2,1H3. The van der Waals surface area contributed by atoms with Gasteiger partial charge >= 0.3 is 11.8 Å². The first-order valence-electron chi connectivity index (χ1n) is 4.80. The predicted molar refractivity (Wildman–Crippen MR) is 53.1 cm³/mol. The highest BCUT2D eigenvalue weighted by molar-refractivity contribution is 8.13. The SMILES string of the molecule is CCC(=O)SCCC(F)(F)C(F)(F)C(F)CF. The molecule has 0 spiro atoms. The van der Waals surface area contributed by atoms with E-state index in [1.54, 1.807) is 0 Å². The first kappa shape index (κ1) is 16.6. The van der Waals surface area contributed by atoms with E-state index in [1.807, 2.05) is 0 Å². The molecule has 0 aliphatic rings. The number of hydrogen-bond donors (Lipinski definition) is 0. The Hall–Kier alpha value is -0.400. The molecule has 0 saturated carbocycles. The second-order valence-electron chi connectivity index (χ2n) is 3.27. The maximum absolute atomic E-state index is 12.9. The van der Waals surface area contributed by atoms with Gasteiger partial charge in [0.1, 0.15) is 6.67 Å². The lowest BCUT2D eigenvalue weighted by atomic mass is 10.1. The molecule has 0 aliphatic heterocycles. The van der Waals surface area contributed by atoms with Crippen molar-refractivity contribution in [2.45, 2.75) is 37.8 Å². The van der Waals surface area contributed by atoms with Gasteiger partial charge in [0.25, 0.3) is 0 Å². The van der Waals surface area contributed by atoms with Crippen molar-refractivity contribution in [3.63, 3.8) is 0 Å². The lowest BCUT2D eigenvalue weighted by Crippen LogP contribution is -2.49. The summed E-state index contributed by atoms with van der Waals surface area (Å²) in [5.74, 6) is -10.3. The van der Waals surface area contributed by atoms with Crippen LogP contribution in [0.3, 0.4) is 0 Å². The molecule has 0 radical (unpaired) electrons. The number of hydrogen-bond acceptors (Lipinski definition) is 2. The summed E-state index contributed by atoms with van der Waals surface area (Å²) in [7, 11) is 0. The van der Waals surface area contributed by atoms with E-state index in [9.17, 15) is 31.1 Å². The summed E-state index contributed by atoms with van der Waals surface area (Å²) in [6, 6.07) is 0. The van der Waals surface area contributed by atoms with Crippen molar-refractivity contribution in [3.05, 3.63) is 0 Å². The zero-order valence-electron chi connectivity index (χ0n) is 8.99. The minimum absolute atomic E-state index is 0.0862. The number of carbonyl (C=O) groups excluding carboxylic acids is 1. The molecule has 0 aromatic rings. The van der Waals surface area contributed by atoms with E-state index in [4.69, 9.17) is 0 Å². The fraction of sp³-hybridized carbons (Fsp3) is 0.889. The lowest BCUT2D eigenvalue weighted by Gasteiger charge is -2.27. The number of alkyl halides is 6. The Morgan fingerprint density at radius 2 is 1.82 bits per heavy atom. The normalized spacial score (nSPS) is 14.8. The zero-order chi connectivity index (χ0) is 13.7. The van der Waals surface area contributed by atoms with Gasteiger partial charge in [-0.05, 0) is 0 Å². The van der Waals surface area contributed by atoms with Crippen LogP contribution in [-0.2, 0) is 4.79 Å². The third kappa shape index (κ3) is 4.40. The van der Waals surface area contributed by atoms with E-state index in [-0.39, 0.29) is 6.42 Å². The fourth-order valence-corrected chi connectivity index (χ4v) is 1.68. The van der Waals surface area contributed by atoms with Gasteiger partial charge < -0.3 is 0 Å². The molecule has 17 heavy (non-hydrogen) atoms. The predicted octanol–water partition coefficient (Wildman–Crippen LogP) is 3.62. The molecular weight excluding hydrogens is 270 g/mol. The van der Waals surface area contributed by atoms with Gasteiger partial charge in [-0.2, -0.15) is 17.6 Å². The quantitative estimate of drug-likeness (QED) is 0.663. The molecule has 0 saturated heterocycles. The van der Waals surface area contributed by atoms with Crippen molar-refractivity contribution in [2.75, 3.05) is 12.4 Å². The van der Waals surface area contributed by atoms with Gasteiger partial charge in [0.05, 0.1) is 0 Å². The van der Waals surface area contributed by atoms with E-state index < -0.39 is 42.0 Å². The van der Waals surface area contributed by atoms with Crippen molar-refractivity contribution in [3.8, 4) is 0 Å². The zero-order valence-corrected chi connectivity index (χ0v) is 9.81. The van der Waals surface area contributed by atoms with Crippen LogP contribution in [0.1, 0.15) is 19.8 Å². The Labute approximate surface area is 98.9 Å². The van der Waals surface area contributed by atoms with Crippen molar-refractivity contribution >= 4 is 16.9 Å². The first-order valence-corrected chi connectivity index (χ1v) is 5.79. The highest BCUT2D eigenvalue weighted by Crippen LogP contribution is 2.41. The molecule has 0 heterocycles. The van der Waals surface area contributed by atoms with Crippen LogP contribution in [0.25, 0.3) is 0 Å². The second-order valence-corrected chi connectivity index (χ2v) is 4.43. The maximum atomic E-state index is 12.9. The Morgan fingerprint density at radius 1 is 1.29 bits per heavy atom. The van der Waals surface area contributed by atoms with Crippen molar-refractivity contribution in [2.24, 2.45) is 0 Å². The molecule has 0 amide bonds. The molecule has 102 valence electrons. The molecule has 0 rings (SSSR count). The molecule has 0 fully saturated rings. The van der Waals surface area contributed by atoms with Crippen LogP contribution in [-0.4, -0.2) is 35.6 Å². The van der Waals surface area contributed by atoms with Crippen LogP contribution < -0.4 is 0 Å². The van der Waals surface area contributed by atoms with Gasteiger partial charge in [-0.3, -0.25) is 4.79 Å². The fourth-order valence-electron chi connectivity index (χ4n) is 0.888. The first-order chi connectivity index (χ1) is 7.69. The molecule has 0 aliphatic carbocycles. The minimum Gasteiger partial charge on any atom is -0.287 e. The number of rotatable bonds is 7. The Morgan fingerprint density at radius 3 is 2.24 bits per heavy atom. The summed E-state index contributed by atoms with van der Waals surface area (Å²) in [5.41, 5.74) is 0. The molecule has 0 aromatic carbocycles. The summed E-state index contributed by atoms with van der Waals surface area (Å²) in [4.78, 5) is 10.7. The summed E-state index contributed by atoms with van der Waals surface area (Å²) in [6.07, 6.45) is -4.83. The molecule has 1 atom stereocenters. The highest BCUT2D eigenvalue weighted by Gasteiger charge is 2.61. The lowest BCUT2D eigenvalue weighted by molar-refractivity contribution is -0.241. The minimum atomic E-state index is -5.06. The van der Waals surface area contributed by atoms with Gasteiger partial charge in [0.15, 0.2) is 11.3 Å². The summed E-state index contributed by atoms with van der Waals surface area (Å²) in [5, 5.41) is -0.425. The molecule has 0 aromatic heterocycles. The van der Waals surface area contributed by atoms with Crippen LogP contribution in [0.5, 0.6) is 0 Å². The van der Waals surface area contributed by atoms with Gasteiger partial charge in [0, 0.05) is 18.6 Å². The average Bonchev–Trinajstić information content (AvgIpc) is 2.26. The van der Waals surface area contributed by atoms with Crippen LogP contribution in [0.15, 0.2) is 0 Å². The molecule has 0 N–H and O–H groups in total. The third-order valence-electron chi connectivity index (χ3n) is 1.98. The van der Waals surface area contributed by atoms with E-state index in [2.05, 4.69) is 0 Å². The van der Waals surface area contributed by atoms with Crippen LogP contribution >= 0.6 is 11.8 Å². The average molecular weight is 282 g/mol. The largest absolute Gasteiger partial charge is 0.343 e. The summed E-state index contributed by atoms with van der Waals surface area (Å²) in [6.45, 7) is -0.688. The van der Waals surface area contributed by atoms with Gasteiger partial charge in [0.2, 0.25) is 0 Å². The number of carbonyl (C=O) groups is 1. The Balaban J connectivity index is 4.40. The Kier molecular flexibility index (Phi) is 6.36.